The summed E-state index contributed by atoms with van der Waals surface area (Å²) < 4.78 is 42.8. The van der Waals surface area contributed by atoms with Gasteiger partial charge in [0.15, 0.2) is 5.96 Å². The SMILES string of the molecule is CN=C(NCCOc1ccc(C(F)(F)F)cc1)NCc1ccccn1. The fourth-order valence-corrected chi connectivity index (χ4v) is 1.98. The Bertz CT molecular complexity index is 673. The molecule has 2 rings (SSSR count). The van der Waals surface area contributed by atoms with Gasteiger partial charge < -0.3 is 15.4 Å². The molecule has 0 amide bonds. The maximum Gasteiger partial charge on any atom is 0.416 e. The van der Waals surface area contributed by atoms with Gasteiger partial charge in [-0.15, -0.1) is 0 Å². The van der Waals surface area contributed by atoms with Crippen LogP contribution in [0.15, 0.2) is 53.7 Å². The van der Waals surface area contributed by atoms with E-state index in [1.165, 1.54) is 12.1 Å². The first kappa shape index (κ1) is 18.6. The van der Waals surface area contributed by atoms with Gasteiger partial charge in [-0.2, -0.15) is 13.2 Å². The highest BCUT2D eigenvalue weighted by Gasteiger charge is 2.29. The van der Waals surface area contributed by atoms with Gasteiger partial charge in [0.25, 0.3) is 0 Å². The van der Waals surface area contributed by atoms with E-state index in [9.17, 15) is 13.2 Å². The van der Waals surface area contributed by atoms with Crippen molar-refractivity contribution in [2.45, 2.75) is 12.7 Å². The number of nitrogens with one attached hydrogen (secondary N) is 2. The molecule has 0 aliphatic heterocycles. The second kappa shape index (κ2) is 8.91. The van der Waals surface area contributed by atoms with Gasteiger partial charge in [0, 0.05) is 13.2 Å². The predicted molar refractivity (Wildman–Crippen MR) is 89.4 cm³/mol. The molecule has 0 radical (unpaired) electrons. The first-order chi connectivity index (χ1) is 12.0. The summed E-state index contributed by atoms with van der Waals surface area (Å²) in [7, 11) is 1.64. The minimum atomic E-state index is -4.34. The fraction of sp³-hybridized carbons (Fsp3) is 0.294. The summed E-state index contributed by atoms with van der Waals surface area (Å²) in [6.07, 6.45) is -2.63. The third-order valence-electron chi connectivity index (χ3n) is 3.23. The van der Waals surface area contributed by atoms with Gasteiger partial charge in [-0.3, -0.25) is 9.98 Å². The minimum Gasteiger partial charge on any atom is -0.492 e. The van der Waals surface area contributed by atoms with Crippen LogP contribution in [-0.2, 0) is 12.7 Å². The molecule has 1 heterocycles. The molecule has 0 spiro atoms. The van der Waals surface area contributed by atoms with Crippen molar-refractivity contribution in [2.75, 3.05) is 20.2 Å². The van der Waals surface area contributed by atoms with Gasteiger partial charge in [-0.05, 0) is 36.4 Å². The summed E-state index contributed by atoms with van der Waals surface area (Å²) in [5, 5.41) is 6.16. The summed E-state index contributed by atoms with van der Waals surface area (Å²) in [5.74, 6) is 0.966. The van der Waals surface area contributed by atoms with Crippen LogP contribution in [-0.4, -0.2) is 31.1 Å². The Hall–Kier alpha value is -2.77. The molecule has 1 aromatic heterocycles. The molecule has 8 heteroatoms. The number of nitrogens with zero attached hydrogens (tertiary/aromatic N) is 2. The van der Waals surface area contributed by atoms with Crippen LogP contribution >= 0.6 is 0 Å². The summed E-state index contributed by atoms with van der Waals surface area (Å²) in [6.45, 7) is 1.26. The number of hydrogen-bond acceptors (Lipinski definition) is 3. The molecule has 0 unspecified atom stereocenters. The first-order valence-electron chi connectivity index (χ1n) is 7.63. The van der Waals surface area contributed by atoms with Gasteiger partial charge >= 0.3 is 6.18 Å². The number of guanidine groups is 1. The van der Waals surface area contributed by atoms with E-state index in [-0.39, 0.29) is 6.61 Å². The van der Waals surface area contributed by atoms with Gasteiger partial charge in [-0.1, -0.05) is 6.07 Å². The van der Waals surface area contributed by atoms with E-state index in [1.54, 1.807) is 13.2 Å². The Morgan fingerprint density at radius 1 is 1.12 bits per heavy atom. The van der Waals surface area contributed by atoms with Crippen LogP contribution < -0.4 is 15.4 Å². The zero-order chi connectivity index (χ0) is 18.1. The number of aliphatic imine (C=N–C) groups is 1. The van der Waals surface area contributed by atoms with Crippen LogP contribution in [0, 0.1) is 0 Å². The molecule has 0 aliphatic rings. The predicted octanol–water partition coefficient (Wildman–Crippen LogP) is 2.84. The van der Waals surface area contributed by atoms with Crippen LogP contribution in [0.3, 0.4) is 0 Å². The lowest BCUT2D eigenvalue weighted by Gasteiger charge is -2.12. The van der Waals surface area contributed by atoms with Crippen LogP contribution in [0.5, 0.6) is 5.75 Å². The van der Waals surface area contributed by atoms with E-state index in [0.29, 0.717) is 24.8 Å². The van der Waals surface area contributed by atoms with Crippen molar-refractivity contribution in [3.63, 3.8) is 0 Å². The second-order valence-electron chi connectivity index (χ2n) is 5.04. The lowest BCUT2D eigenvalue weighted by atomic mass is 10.2. The maximum absolute atomic E-state index is 12.5. The summed E-state index contributed by atoms with van der Waals surface area (Å²) in [4.78, 5) is 8.27. The smallest absolute Gasteiger partial charge is 0.416 e. The summed E-state index contributed by atoms with van der Waals surface area (Å²) >= 11 is 0. The van der Waals surface area contributed by atoms with Gasteiger partial charge in [0.1, 0.15) is 12.4 Å². The highest BCUT2D eigenvalue weighted by Crippen LogP contribution is 2.30. The lowest BCUT2D eigenvalue weighted by Crippen LogP contribution is -2.39. The molecule has 0 atom stereocenters. The van der Waals surface area contributed by atoms with E-state index in [1.807, 2.05) is 18.2 Å². The van der Waals surface area contributed by atoms with Crippen LogP contribution in [0.25, 0.3) is 0 Å². The standard InChI is InChI=1S/C17H19F3N4O/c1-21-16(24-12-14-4-2-3-9-22-14)23-10-11-25-15-7-5-13(6-8-15)17(18,19)20/h2-9H,10-12H2,1H3,(H2,21,23,24). The normalized spacial score (nSPS) is 11.9. The van der Waals surface area contributed by atoms with Crippen molar-refractivity contribution < 1.29 is 17.9 Å². The number of benzene rings is 1. The van der Waals surface area contributed by atoms with Crippen molar-refractivity contribution in [1.29, 1.82) is 0 Å². The van der Waals surface area contributed by atoms with Crippen LogP contribution in [0.1, 0.15) is 11.3 Å². The summed E-state index contributed by atoms with van der Waals surface area (Å²) in [6, 6.07) is 10.2. The van der Waals surface area contributed by atoms with Crippen molar-refractivity contribution >= 4 is 5.96 Å². The molecule has 5 nitrogen and oxygen atoms in total. The molecule has 0 saturated heterocycles. The maximum atomic E-state index is 12.5. The molecule has 25 heavy (non-hydrogen) atoms. The Morgan fingerprint density at radius 3 is 2.48 bits per heavy atom. The molecule has 2 N–H and O–H groups in total. The van der Waals surface area contributed by atoms with E-state index in [0.717, 1.165) is 17.8 Å². The molecule has 0 bridgehead atoms. The Labute approximate surface area is 144 Å². The van der Waals surface area contributed by atoms with E-state index >= 15 is 0 Å². The number of ether oxygens (including phenoxy) is 1. The first-order valence-corrected chi connectivity index (χ1v) is 7.63. The average molecular weight is 352 g/mol. The highest BCUT2D eigenvalue weighted by molar-refractivity contribution is 5.79. The van der Waals surface area contributed by atoms with Crippen LogP contribution in [0.4, 0.5) is 13.2 Å². The molecular formula is C17H19F3N4O. The zero-order valence-electron chi connectivity index (χ0n) is 13.7. The molecule has 2 aromatic rings. The van der Waals surface area contributed by atoms with E-state index in [2.05, 4.69) is 20.6 Å². The second-order valence-corrected chi connectivity index (χ2v) is 5.04. The largest absolute Gasteiger partial charge is 0.492 e. The van der Waals surface area contributed by atoms with Crippen molar-refractivity contribution in [3.8, 4) is 5.75 Å². The third-order valence-corrected chi connectivity index (χ3v) is 3.23. The van der Waals surface area contributed by atoms with Gasteiger partial charge in [-0.25, -0.2) is 0 Å². The Balaban J connectivity index is 1.70. The number of pyridine rings is 1. The number of rotatable bonds is 6. The van der Waals surface area contributed by atoms with Crippen molar-refractivity contribution in [1.82, 2.24) is 15.6 Å². The van der Waals surface area contributed by atoms with Crippen molar-refractivity contribution in [3.05, 3.63) is 59.9 Å². The lowest BCUT2D eigenvalue weighted by molar-refractivity contribution is -0.137. The minimum absolute atomic E-state index is 0.287. The molecule has 0 fully saturated rings. The summed E-state index contributed by atoms with van der Waals surface area (Å²) in [5.41, 5.74) is 0.184. The number of halogens is 3. The molecular weight excluding hydrogens is 333 g/mol. The quantitative estimate of drug-likeness (QED) is 0.477. The average Bonchev–Trinajstić information content (AvgIpc) is 2.61. The van der Waals surface area contributed by atoms with Gasteiger partial charge in [0.2, 0.25) is 0 Å². The van der Waals surface area contributed by atoms with Crippen molar-refractivity contribution in [2.24, 2.45) is 4.99 Å². The Kier molecular flexibility index (Phi) is 6.62. The monoisotopic (exact) mass is 352 g/mol. The highest BCUT2D eigenvalue weighted by atomic mass is 19.4. The number of alkyl halides is 3. The number of hydrogen-bond donors (Lipinski definition) is 2. The Morgan fingerprint density at radius 2 is 1.88 bits per heavy atom. The molecule has 0 aliphatic carbocycles. The number of aromatic nitrogens is 1. The van der Waals surface area contributed by atoms with Crippen LogP contribution in [0.2, 0.25) is 0 Å². The molecule has 1 aromatic carbocycles. The molecule has 0 saturated carbocycles. The topological polar surface area (TPSA) is 58.5 Å². The molecule has 134 valence electrons. The van der Waals surface area contributed by atoms with Gasteiger partial charge in [0.05, 0.1) is 24.3 Å². The fourth-order valence-electron chi connectivity index (χ4n) is 1.98. The zero-order valence-corrected chi connectivity index (χ0v) is 13.7. The van der Waals surface area contributed by atoms with E-state index < -0.39 is 11.7 Å². The van der Waals surface area contributed by atoms with E-state index in [4.69, 9.17) is 4.74 Å². The third kappa shape index (κ3) is 6.33.